The first-order valence-corrected chi connectivity index (χ1v) is 7.73. The van der Waals surface area contributed by atoms with Crippen LogP contribution in [0.5, 0.6) is 0 Å². The second-order valence-electron chi connectivity index (χ2n) is 6.80. The van der Waals surface area contributed by atoms with Gasteiger partial charge in [-0.15, -0.1) is 0 Å². The summed E-state index contributed by atoms with van der Waals surface area (Å²) in [4.78, 5) is 18.3. The lowest BCUT2D eigenvalue weighted by atomic mass is 9.85. The quantitative estimate of drug-likeness (QED) is 0.623. The lowest BCUT2D eigenvalue weighted by Crippen LogP contribution is -2.23. The summed E-state index contributed by atoms with van der Waals surface area (Å²) in [5, 5.41) is 28.4. The Morgan fingerprint density at radius 1 is 1.39 bits per heavy atom. The third-order valence-corrected chi connectivity index (χ3v) is 4.26. The number of carboxylic acids is 1. The van der Waals surface area contributed by atoms with Gasteiger partial charge in [0.2, 0.25) is 0 Å². The average molecular weight is 320 g/mol. The van der Waals surface area contributed by atoms with Crippen molar-refractivity contribution < 1.29 is 20.1 Å². The fourth-order valence-corrected chi connectivity index (χ4v) is 2.48. The highest BCUT2D eigenvalue weighted by molar-refractivity contribution is 5.76. The highest BCUT2D eigenvalue weighted by Gasteiger charge is 2.21. The number of imidazole rings is 1. The first-order chi connectivity index (χ1) is 10.7. The second-order valence-corrected chi connectivity index (χ2v) is 6.80. The van der Waals surface area contributed by atoms with Gasteiger partial charge >= 0.3 is 5.97 Å². The van der Waals surface area contributed by atoms with E-state index in [0.717, 1.165) is 16.6 Å². The van der Waals surface area contributed by atoms with Gasteiger partial charge in [0.1, 0.15) is 5.82 Å². The number of nitrogens with one attached hydrogen (secondary N) is 1. The Kier molecular flexibility index (Phi) is 5.06. The van der Waals surface area contributed by atoms with Crippen molar-refractivity contribution >= 4 is 17.0 Å². The van der Waals surface area contributed by atoms with Crippen LogP contribution in [-0.2, 0) is 16.6 Å². The zero-order valence-corrected chi connectivity index (χ0v) is 13.7. The van der Waals surface area contributed by atoms with Gasteiger partial charge < -0.3 is 20.3 Å². The number of carboxylic acid groups (broad SMARTS) is 1. The third-order valence-electron chi connectivity index (χ3n) is 4.26. The molecule has 0 aliphatic carbocycles. The number of aromatic amines is 1. The molecular weight excluding hydrogens is 296 g/mol. The van der Waals surface area contributed by atoms with Crippen molar-refractivity contribution in [3.05, 3.63) is 29.6 Å². The zero-order valence-electron chi connectivity index (χ0n) is 13.7. The maximum absolute atomic E-state index is 10.7. The average Bonchev–Trinajstić information content (AvgIpc) is 2.87. The molecule has 4 N–H and O–H groups in total. The molecule has 0 spiro atoms. The van der Waals surface area contributed by atoms with E-state index >= 15 is 0 Å². The topological polar surface area (TPSA) is 106 Å². The van der Waals surface area contributed by atoms with Gasteiger partial charge in [-0.05, 0) is 23.6 Å². The summed E-state index contributed by atoms with van der Waals surface area (Å²) in [6, 6.07) is 5.77. The Balaban J connectivity index is 2.19. The summed E-state index contributed by atoms with van der Waals surface area (Å²) in [7, 11) is 0. The fourth-order valence-electron chi connectivity index (χ4n) is 2.48. The number of aliphatic hydroxyl groups excluding tert-OH is 2. The molecule has 1 aromatic carbocycles. The van der Waals surface area contributed by atoms with Gasteiger partial charge in [0.05, 0.1) is 30.2 Å². The first kappa shape index (κ1) is 17.4. The number of H-pyrrole nitrogens is 1. The highest BCUT2D eigenvalue weighted by atomic mass is 16.4. The van der Waals surface area contributed by atoms with E-state index in [0.29, 0.717) is 5.82 Å². The molecule has 6 nitrogen and oxygen atoms in total. The lowest BCUT2D eigenvalue weighted by molar-refractivity contribution is -0.138. The molecule has 0 radical (unpaired) electrons. The number of aliphatic hydroxyl groups is 2. The van der Waals surface area contributed by atoms with Gasteiger partial charge in [-0.2, -0.15) is 0 Å². The van der Waals surface area contributed by atoms with E-state index in [1.807, 2.05) is 32.0 Å². The van der Waals surface area contributed by atoms with E-state index in [-0.39, 0.29) is 30.8 Å². The molecule has 126 valence electrons. The molecule has 1 aromatic heterocycles. The first-order valence-electron chi connectivity index (χ1n) is 7.73. The number of fused-ring (bicyclic) bond motifs is 1. The maximum atomic E-state index is 10.7. The largest absolute Gasteiger partial charge is 0.481 e. The van der Waals surface area contributed by atoms with Gasteiger partial charge in [0.25, 0.3) is 0 Å². The standard InChI is InChI=1S/C17H24N2O4/c1-10(6-16(22)23)14(21)8-15-18-12-5-4-11(7-13(12)19-15)17(2,3)9-20/h4-5,7,10,14,20-21H,6,8-9H2,1-3H3,(H,18,19)(H,22,23). The molecule has 2 atom stereocenters. The maximum Gasteiger partial charge on any atom is 0.303 e. The molecule has 1 heterocycles. The van der Waals surface area contributed by atoms with Crippen molar-refractivity contribution in [3.63, 3.8) is 0 Å². The van der Waals surface area contributed by atoms with Crippen molar-refractivity contribution in [1.82, 2.24) is 9.97 Å². The van der Waals surface area contributed by atoms with Crippen LogP contribution in [-0.4, -0.2) is 44.0 Å². The molecule has 0 saturated carbocycles. The predicted molar refractivity (Wildman–Crippen MR) is 87.3 cm³/mol. The second kappa shape index (κ2) is 6.68. The molecular formula is C17H24N2O4. The van der Waals surface area contributed by atoms with Crippen LogP contribution in [0.1, 0.15) is 38.6 Å². The van der Waals surface area contributed by atoms with Crippen LogP contribution in [0.2, 0.25) is 0 Å². The van der Waals surface area contributed by atoms with E-state index in [2.05, 4.69) is 9.97 Å². The Morgan fingerprint density at radius 2 is 2.09 bits per heavy atom. The molecule has 0 saturated heterocycles. The summed E-state index contributed by atoms with van der Waals surface area (Å²) >= 11 is 0. The summed E-state index contributed by atoms with van der Waals surface area (Å²) in [6.45, 7) is 5.68. The predicted octanol–water partition coefficient (Wildman–Crippen LogP) is 1.85. The van der Waals surface area contributed by atoms with E-state index in [4.69, 9.17) is 5.11 Å². The summed E-state index contributed by atoms with van der Waals surface area (Å²) < 4.78 is 0. The number of hydrogen-bond donors (Lipinski definition) is 4. The smallest absolute Gasteiger partial charge is 0.303 e. The van der Waals surface area contributed by atoms with Crippen molar-refractivity contribution in [1.29, 1.82) is 0 Å². The molecule has 2 aromatic rings. The van der Waals surface area contributed by atoms with Crippen molar-refractivity contribution in [3.8, 4) is 0 Å². The highest BCUT2D eigenvalue weighted by Crippen LogP contribution is 2.26. The SMILES string of the molecule is CC(CC(=O)O)C(O)Cc1nc2ccc(C(C)(C)CO)cc2[nH]1. The molecule has 0 bridgehead atoms. The molecule has 2 unspecified atom stereocenters. The minimum absolute atomic E-state index is 0.0465. The Hall–Kier alpha value is -1.92. The van der Waals surface area contributed by atoms with Gasteiger partial charge in [-0.25, -0.2) is 4.98 Å². The number of benzene rings is 1. The summed E-state index contributed by atoms with van der Waals surface area (Å²) in [5.41, 5.74) is 2.30. The molecule has 23 heavy (non-hydrogen) atoms. The third kappa shape index (κ3) is 4.09. The van der Waals surface area contributed by atoms with E-state index in [9.17, 15) is 15.0 Å². The van der Waals surface area contributed by atoms with Crippen LogP contribution in [0.3, 0.4) is 0 Å². The summed E-state index contributed by atoms with van der Waals surface area (Å²) in [6.07, 6.45) is -0.557. The van der Waals surface area contributed by atoms with Crippen molar-refractivity contribution in [2.75, 3.05) is 6.61 Å². The van der Waals surface area contributed by atoms with Crippen LogP contribution in [0, 0.1) is 5.92 Å². The Bertz CT molecular complexity index is 693. The Labute approximate surface area is 135 Å². The number of nitrogens with zero attached hydrogens (tertiary/aromatic N) is 1. The van der Waals surface area contributed by atoms with Crippen molar-refractivity contribution in [2.24, 2.45) is 5.92 Å². The molecule has 6 heteroatoms. The number of hydrogen-bond acceptors (Lipinski definition) is 4. The van der Waals surface area contributed by atoms with Gasteiger partial charge in [0, 0.05) is 11.8 Å². The molecule has 2 rings (SSSR count). The van der Waals surface area contributed by atoms with Gasteiger partial charge in [0.15, 0.2) is 0 Å². The molecule has 0 fully saturated rings. The zero-order chi connectivity index (χ0) is 17.2. The van der Waals surface area contributed by atoms with Gasteiger partial charge in [-0.3, -0.25) is 4.79 Å². The van der Waals surface area contributed by atoms with E-state index < -0.39 is 12.1 Å². The van der Waals surface area contributed by atoms with E-state index in [1.165, 1.54) is 0 Å². The van der Waals surface area contributed by atoms with Crippen LogP contribution >= 0.6 is 0 Å². The van der Waals surface area contributed by atoms with E-state index in [1.54, 1.807) is 6.92 Å². The number of carbonyl (C=O) groups is 1. The number of rotatable bonds is 7. The fraction of sp³-hybridized carbons (Fsp3) is 0.529. The normalized spacial score (nSPS) is 14.8. The molecule has 0 aliphatic rings. The number of aromatic nitrogens is 2. The van der Waals surface area contributed by atoms with Crippen molar-refractivity contribution in [2.45, 2.75) is 45.1 Å². The van der Waals surface area contributed by atoms with Crippen LogP contribution in [0.25, 0.3) is 11.0 Å². The van der Waals surface area contributed by atoms with Crippen LogP contribution < -0.4 is 0 Å². The van der Waals surface area contributed by atoms with Crippen LogP contribution in [0.4, 0.5) is 0 Å². The molecule has 0 amide bonds. The number of aliphatic carboxylic acids is 1. The monoisotopic (exact) mass is 320 g/mol. The van der Waals surface area contributed by atoms with Gasteiger partial charge in [-0.1, -0.05) is 26.8 Å². The summed E-state index contributed by atoms with van der Waals surface area (Å²) in [5.74, 6) is -0.634. The minimum atomic E-state index is -0.919. The molecule has 0 aliphatic heterocycles. The Morgan fingerprint density at radius 3 is 2.70 bits per heavy atom. The minimum Gasteiger partial charge on any atom is -0.481 e. The van der Waals surface area contributed by atoms with Crippen LogP contribution in [0.15, 0.2) is 18.2 Å². The lowest BCUT2D eigenvalue weighted by Gasteiger charge is -2.21.